The maximum Gasteiger partial charge on any atom is 0.127 e. The number of rotatable bonds is 10. The lowest BCUT2D eigenvalue weighted by molar-refractivity contribution is 0.251. The van der Waals surface area contributed by atoms with Gasteiger partial charge < -0.3 is 19.9 Å². The van der Waals surface area contributed by atoms with E-state index in [9.17, 15) is 0 Å². The van der Waals surface area contributed by atoms with Gasteiger partial charge in [0.25, 0.3) is 0 Å². The molecule has 2 N–H and O–H groups in total. The van der Waals surface area contributed by atoms with Crippen LogP contribution in [0.3, 0.4) is 0 Å². The van der Waals surface area contributed by atoms with E-state index >= 15 is 0 Å². The lowest BCUT2D eigenvalue weighted by atomic mass is 10.1. The Hall–Kier alpha value is -1.26. The van der Waals surface area contributed by atoms with Crippen molar-refractivity contribution in [1.29, 1.82) is 0 Å². The molecule has 1 aromatic carbocycles. The number of ether oxygens (including phenoxy) is 2. The van der Waals surface area contributed by atoms with Gasteiger partial charge in [-0.15, -0.1) is 0 Å². The highest BCUT2D eigenvalue weighted by Gasteiger charge is 2.12. The highest BCUT2D eigenvalue weighted by atomic mass is 16.5. The fraction of sp³-hybridized carbons (Fsp3) is 0.625. The average Bonchev–Trinajstić information content (AvgIpc) is 2.49. The van der Waals surface area contributed by atoms with Gasteiger partial charge in [0.15, 0.2) is 0 Å². The van der Waals surface area contributed by atoms with Crippen LogP contribution >= 0.6 is 0 Å². The number of aliphatic hydroxyl groups is 1. The molecule has 1 rings (SSSR count). The van der Waals surface area contributed by atoms with Gasteiger partial charge >= 0.3 is 0 Å². The summed E-state index contributed by atoms with van der Waals surface area (Å²) in [4.78, 5) is 0. The Labute approximate surface area is 122 Å². The molecule has 114 valence electrons. The van der Waals surface area contributed by atoms with Crippen molar-refractivity contribution in [2.75, 3.05) is 26.9 Å². The summed E-state index contributed by atoms with van der Waals surface area (Å²) in [6.45, 7) is 6.10. The van der Waals surface area contributed by atoms with Crippen molar-refractivity contribution in [2.24, 2.45) is 0 Å². The molecule has 0 aliphatic carbocycles. The fourth-order valence-corrected chi connectivity index (χ4v) is 1.99. The third-order valence-electron chi connectivity index (χ3n) is 3.20. The molecule has 4 heteroatoms. The molecule has 1 atom stereocenters. The number of methoxy groups -OCH3 is 1. The molecule has 0 amide bonds. The first-order chi connectivity index (χ1) is 9.72. The number of unbranched alkanes of at least 4 members (excludes halogenated alkanes) is 1. The second kappa shape index (κ2) is 9.61. The monoisotopic (exact) mass is 281 g/mol. The molecule has 0 aliphatic rings. The van der Waals surface area contributed by atoms with Gasteiger partial charge in [-0.05, 0) is 38.8 Å². The molecule has 4 nitrogen and oxygen atoms in total. The van der Waals surface area contributed by atoms with E-state index in [1.165, 1.54) is 0 Å². The van der Waals surface area contributed by atoms with E-state index in [0.29, 0.717) is 6.61 Å². The van der Waals surface area contributed by atoms with Crippen molar-refractivity contribution in [1.82, 2.24) is 5.32 Å². The normalized spacial score (nSPS) is 12.2. The van der Waals surface area contributed by atoms with Crippen LogP contribution in [0, 0.1) is 0 Å². The molecule has 0 saturated heterocycles. The van der Waals surface area contributed by atoms with Crippen LogP contribution in [0.15, 0.2) is 18.2 Å². The fourth-order valence-electron chi connectivity index (χ4n) is 1.99. The van der Waals surface area contributed by atoms with Crippen LogP contribution in [0.25, 0.3) is 0 Å². The summed E-state index contributed by atoms with van der Waals surface area (Å²) in [5.41, 5.74) is 1.14. The van der Waals surface area contributed by atoms with Gasteiger partial charge in [0.05, 0.1) is 13.7 Å². The number of nitrogens with one attached hydrogen (secondary N) is 1. The Balaban J connectivity index is 2.74. The van der Waals surface area contributed by atoms with Crippen molar-refractivity contribution in [2.45, 2.75) is 39.2 Å². The quantitative estimate of drug-likeness (QED) is 0.647. The minimum atomic E-state index is 0.211. The Bertz CT molecular complexity index is 382. The molecule has 0 spiro atoms. The van der Waals surface area contributed by atoms with E-state index in [-0.39, 0.29) is 12.6 Å². The Morgan fingerprint density at radius 3 is 2.75 bits per heavy atom. The first kappa shape index (κ1) is 16.8. The molecule has 0 aromatic heterocycles. The van der Waals surface area contributed by atoms with E-state index in [4.69, 9.17) is 14.6 Å². The third kappa shape index (κ3) is 5.39. The molecular weight excluding hydrogens is 254 g/mol. The number of benzene rings is 1. The van der Waals surface area contributed by atoms with Crippen molar-refractivity contribution in [3.05, 3.63) is 23.8 Å². The number of aliphatic hydroxyl groups excluding tert-OH is 1. The first-order valence-corrected chi connectivity index (χ1v) is 7.37. The molecule has 0 saturated carbocycles. The van der Waals surface area contributed by atoms with Crippen LogP contribution in [0.4, 0.5) is 0 Å². The second-order valence-corrected chi connectivity index (χ2v) is 4.86. The highest BCUT2D eigenvalue weighted by molar-refractivity contribution is 5.42. The zero-order valence-corrected chi connectivity index (χ0v) is 12.8. The molecule has 0 fully saturated rings. The van der Waals surface area contributed by atoms with Gasteiger partial charge in [-0.25, -0.2) is 0 Å². The minimum absolute atomic E-state index is 0.211. The van der Waals surface area contributed by atoms with Crippen LogP contribution in [-0.4, -0.2) is 32.0 Å². The number of hydrogen-bond acceptors (Lipinski definition) is 4. The van der Waals surface area contributed by atoms with Gasteiger partial charge in [-0.2, -0.15) is 0 Å². The second-order valence-electron chi connectivity index (χ2n) is 4.86. The van der Waals surface area contributed by atoms with Gasteiger partial charge in [0, 0.05) is 24.3 Å². The lowest BCUT2D eigenvalue weighted by Gasteiger charge is -2.19. The summed E-state index contributed by atoms with van der Waals surface area (Å²) < 4.78 is 11.1. The molecule has 1 unspecified atom stereocenters. The van der Waals surface area contributed by atoms with Crippen molar-refractivity contribution >= 4 is 0 Å². The molecule has 0 bridgehead atoms. The van der Waals surface area contributed by atoms with Gasteiger partial charge in [-0.1, -0.05) is 13.0 Å². The van der Waals surface area contributed by atoms with E-state index in [2.05, 4.69) is 19.2 Å². The smallest absolute Gasteiger partial charge is 0.127 e. The zero-order chi connectivity index (χ0) is 14.8. The lowest BCUT2D eigenvalue weighted by Crippen LogP contribution is -2.20. The van der Waals surface area contributed by atoms with E-state index < -0.39 is 0 Å². The van der Waals surface area contributed by atoms with Crippen LogP contribution < -0.4 is 14.8 Å². The Morgan fingerprint density at radius 2 is 2.10 bits per heavy atom. The molecule has 0 radical (unpaired) electrons. The van der Waals surface area contributed by atoms with Gasteiger partial charge in [0.2, 0.25) is 0 Å². The average molecular weight is 281 g/mol. The molecular formula is C16H27NO3. The van der Waals surface area contributed by atoms with Gasteiger partial charge in [-0.3, -0.25) is 0 Å². The van der Waals surface area contributed by atoms with E-state index in [1.54, 1.807) is 7.11 Å². The van der Waals surface area contributed by atoms with Crippen LogP contribution in [0.2, 0.25) is 0 Å². The van der Waals surface area contributed by atoms with Crippen molar-refractivity contribution < 1.29 is 14.6 Å². The molecule has 0 heterocycles. The Morgan fingerprint density at radius 1 is 1.30 bits per heavy atom. The van der Waals surface area contributed by atoms with Crippen LogP contribution in [0.5, 0.6) is 11.5 Å². The molecule has 1 aromatic rings. The maximum absolute atomic E-state index is 8.80. The van der Waals surface area contributed by atoms with Crippen molar-refractivity contribution in [3.63, 3.8) is 0 Å². The SMILES string of the molecule is CCCNC(C)c1ccc(OC)cc1OCCCCO. The first-order valence-electron chi connectivity index (χ1n) is 7.37. The zero-order valence-electron chi connectivity index (χ0n) is 12.8. The topological polar surface area (TPSA) is 50.7 Å². The number of hydrogen-bond donors (Lipinski definition) is 2. The summed E-state index contributed by atoms with van der Waals surface area (Å²) >= 11 is 0. The maximum atomic E-state index is 8.80. The predicted molar refractivity (Wildman–Crippen MR) is 81.5 cm³/mol. The van der Waals surface area contributed by atoms with Crippen LogP contribution in [0.1, 0.15) is 44.7 Å². The Kier molecular flexibility index (Phi) is 8.07. The third-order valence-corrected chi connectivity index (χ3v) is 3.20. The standard InChI is InChI=1S/C16H27NO3/c1-4-9-17-13(2)15-8-7-14(19-3)12-16(15)20-11-6-5-10-18/h7-8,12-13,17-18H,4-6,9-11H2,1-3H3. The predicted octanol–water partition coefficient (Wildman–Crippen LogP) is 2.91. The van der Waals surface area contributed by atoms with Crippen LogP contribution in [-0.2, 0) is 0 Å². The molecule has 20 heavy (non-hydrogen) atoms. The minimum Gasteiger partial charge on any atom is -0.497 e. The summed E-state index contributed by atoms with van der Waals surface area (Å²) in [5.74, 6) is 1.66. The highest BCUT2D eigenvalue weighted by Crippen LogP contribution is 2.29. The summed E-state index contributed by atoms with van der Waals surface area (Å²) in [5, 5.41) is 12.3. The summed E-state index contributed by atoms with van der Waals surface area (Å²) in [6.07, 6.45) is 2.72. The largest absolute Gasteiger partial charge is 0.497 e. The molecule has 0 aliphatic heterocycles. The van der Waals surface area contributed by atoms with E-state index in [0.717, 1.165) is 42.9 Å². The van der Waals surface area contributed by atoms with E-state index in [1.807, 2.05) is 18.2 Å². The summed E-state index contributed by atoms with van der Waals surface area (Å²) in [7, 11) is 1.66. The van der Waals surface area contributed by atoms with Gasteiger partial charge in [0.1, 0.15) is 11.5 Å². The van der Waals surface area contributed by atoms with Crippen molar-refractivity contribution in [3.8, 4) is 11.5 Å². The summed E-state index contributed by atoms with van der Waals surface area (Å²) in [6, 6.07) is 6.18.